The van der Waals surface area contributed by atoms with Crippen LogP contribution in [0.25, 0.3) is 0 Å². The third kappa shape index (κ3) is 6.95. The fourth-order valence-electron chi connectivity index (χ4n) is 3.97. The van der Waals surface area contributed by atoms with E-state index in [9.17, 15) is 21.6 Å². The van der Waals surface area contributed by atoms with Crippen LogP contribution in [0.5, 0.6) is 0 Å². The highest BCUT2D eigenvalue weighted by molar-refractivity contribution is 7.93. The largest absolute Gasteiger partial charge is 0.322 e. The smallest absolute Gasteiger partial charge is 0.262 e. The minimum atomic E-state index is -3.98. The Morgan fingerprint density at radius 3 is 1.95 bits per heavy atom. The molecule has 3 N–H and O–H groups in total. The highest BCUT2D eigenvalue weighted by Gasteiger charge is 2.21. The van der Waals surface area contributed by atoms with E-state index in [0.717, 1.165) is 11.1 Å². The first-order valence-electron chi connectivity index (χ1n) is 11.8. The maximum Gasteiger partial charge on any atom is 0.262 e. The van der Waals surface area contributed by atoms with E-state index in [0.29, 0.717) is 22.0 Å². The molecule has 0 spiro atoms. The quantitative estimate of drug-likeness (QED) is 0.201. The van der Waals surface area contributed by atoms with Gasteiger partial charge in [-0.25, -0.2) is 16.8 Å². The van der Waals surface area contributed by atoms with Crippen molar-refractivity contribution in [2.45, 2.75) is 30.6 Å². The number of nitrogens with one attached hydrogen (secondary N) is 3. The van der Waals surface area contributed by atoms with Gasteiger partial charge in [-0.2, -0.15) is 0 Å². The Morgan fingerprint density at radius 1 is 0.675 bits per heavy atom. The van der Waals surface area contributed by atoms with Crippen LogP contribution in [0.2, 0.25) is 10.0 Å². The number of carbonyl (C=O) groups is 1. The summed E-state index contributed by atoms with van der Waals surface area (Å²) in [5.41, 5.74) is 3.30. The van der Waals surface area contributed by atoms with E-state index < -0.39 is 26.0 Å². The van der Waals surface area contributed by atoms with Crippen molar-refractivity contribution < 1.29 is 21.6 Å². The Bertz CT molecular complexity index is 1810. The molecule has 0 aromatic heterocycles. The van der Waals surface area contributed by atoms with Gasteiger partial charge in [-0.05, 0) is 104 Å². The van der Waals surface area contributed by atoms with Gasteiger partial charge in [-0.1, -0.05) is 35.3 Å². The summed E-state index contributed by atoms with van der Waals surface area (Å²) in [5.74, 6) is -0.565. The number of sulfonamides is 2. The lowest BCUT2D eigenvalue weighted by Crippen LogP contribution is -2.17. The third-order valence-electron chi connectivity index (χ3n) is 5.81. The summed E-state index contributed by atoms with van der Waals surface area (Å²) in [4.78, 5) is 12.9. The van der Waals surface area contributed by atoms with Crippen LogP contribution in [-0.4, -0.2) is 22.7 Å². The fourth-order valence-corrected chi connectivity index (χ4v) is 6.87. The van der Waals surface area contributed by atoms with Crippen LogP contribution in [0.3, 0.4) is 0 Å². The van der Waals surface area contributed by atoms with Gasteiger partial charge in [0, 0.05) is 22.0 Å². The maximum absolute atomic E-state index is 13.2. The maximum atomic E-state index is 13.2. The summed E-state index contributed by atoms with van der Waals surface area (Å²) in [6.45, 7) is 5.38. The molecule has 4 rings (SSSR count). The zero-order valence-electron chi connectivity index (χ0n) is 21.6. The van der Waals surface area contributed by atoms with Crippen molar-refractivity contribution in [2.75, 3.05) is 14.8 Å². The van der Waals surface area contributed by atoms with Gasteiger partial charge >= 0.3 is 0 Å². The van der Waals surface area contributed by atoms with E-state index in [-0.39, 0.29) is 26.1 Å². The molecule has 0 fully saturated rings. The number of halogens is 2. The molecule has 0 bridgehead atoms. The number of benzene rings is 4. The molecule has 8 nitrogen and oxygen atoms in total. The van der Waals surface area contributed by atoms with E-state index in [1.165, 1.54) is 54.6 Å². The van der Waals surface area contributed by atoms with Crippen molar-refractivity contribution in [3.63, 3.8) is 0 Å². The van der Waals surface area contributed by atoms with Crippen LogP contribution in [0.15, 0.2) is 88.7 Å². The predicted molar refractivity (Wildman–Crippen MR) is 160 cm³/mol. The molecule has 4 aromatic carbocycles. The lowest BCUT2D eigenvalue weighted by atomic mass is 10.1. The van der Waals surface area contributed by atoms with Gasteiger partial charge in [0.25, 0.3) is 26.0 Å². The SMILES string of the molecule is Cc1cc(C)cc(NS(=O)(=O)c2cc(C(=O)Nc3ccc(S(=O)(=O)Nc4ccc(Cl)cc4Cl)cc3)ccc2C)c1. The molecule has 0 atom stereocenters. The summed E-state index contributed by atoms with van der Waals surface area (Å²) in [6, 6.07) is 19.6. The lowest BCUT2D eigenvalue weighted by Gasteiger charge is -2.13. The van der Waals surface area contributed by atoms with Gasteiger partial charge in [-0.3, -0.25) is 14.2 Å². The highest BCUT2D eigenvalue weighted by Crippen LogP contribution is 2.28. The molecule has 0 aliphatic carbocycles. The van der Waals surface area contributed by atoms with Crippen LogP contribution in [-0.2, 0) is 20.0 Å². The molecule has 4 aromatic rings. The molecule has 0 saturated carbocycles. The van der Waals surface area contributed by atoms with Crippen LogP contribution >= 0.6 is 23.2 Å². The van der Waals surface area contributed by atoms with Crippen LogP contribution in [0, 0.1) is 20.8 Å². The Hall–Kier alpha value is -3.57. The minimum Gasteiger partial charge on any atom is -0.322 e. The molecule has 0 unspecified atom stereocenters. The molecular weight excluding hydrogens is 593 g/mol. The number of hydrogen-bond donors (Lipinski definition) is 3. The Kier molecular flexibility index (Phi) is 8.46. The molecule has 0 radical (unpaired) electrons. The van der Waals surface area contributed by atoms with E-state index in [4.69, 9.17) is 23.2 Å². The number of aryl methyl sites for hydroxylation is 3. The standard InChI is InChI=1S/C28H25Cl2N3O5S2/c1-17-12-18(2)14-23(13-17)32-40(37,38)27-15-20(5-4-19(27)3)28(34)31-22-7-9-24(10-8-22)39(35,36)33-26-11-6-21(29)16-25(26)30/h4-16,32-33H,1-3H3,(H,31,34). The number of amides is 1. The molecule has 0 saturated heterocycles. The molecular formula is C28H25Cl2N3O5S2. The summed E-state index contributed by atoms with van der Waals surface area (Å²) >= 11 is 11.9. The normalized spacial score (nSPS) is 11.6. The Balaban J connectivity index is 1.51. The topological polar surface area (TPSA) is 121 Å². The van der Waals surface area contributed by atoms with Crippen LogP contribution in [0.4, 0.5) is 17.1 Å². The summed E-state index contributed by atoms with van der Waals surface area (Å²) in [6.07, 6.45) is 0. The minimum absolute atomic E-state index is 0.0346. The Morgan fingerprint density at radius 2 is 1.32 bits per heavy atom. The summed E-state index contributed by atoms with van der Waals surface area (Å²) < 4.78 is 56.8. The van der Waals surface area contributed by atoms with Gasteiger partial charge in [-0.15, -0.1) is 0 Å². The van der Waals surface area contributed by atoms with Crippen LogP contribution < -0.4 is 14.8 Å². The number of hydrogen-bond acceptors (Lipinski definition) is 5. The van der Waals surface area contributed by atoms with Gasteiger partial charge in [0.2, 0.25) is 0 Å². The van der Waals surface area contributed by atoms with Crippen LogP contribution in [0.1, 0.15) is 27.0 Å². The first kappa shape index (κ1) is 29.4. The van der Waals surface area contributed by atoms with Crippen molar-refractivity contribution in [3.05, 3.63) is 111 Å². The van der Waals surface area contributed by atoms with Gasteiger partial charge in [0.1, 0.15) is 0 Å². The van der Waals surface area contributed by atoms with E-state index >= 15 is 0 Å². The van der Waals surface area contributed by atoms with Crippen molar-refractivity contribution in [2.24, 2.45) is 0 Å². The van der Waals surface area contributed by atoms with Crippen molar-refractivity contribution in [1.82, 2.24) is 0 Å². The van der Waals surface area contributed by atoms with Crippen molar-refractivity contribution >= 4 is 66.2 Å². The van der Waals surface area contributed by atoms with E-state index in [1.807, 2.05) is 19.9 Å². The second kappa shape index (κ2) is 11.5. The molecule has 0 heterocycles. The second-order valence-corrected chi connectivity index (χ2v) is 13.3. The number of anilines is 3. The molecule has 0 aliphatic rings. The van der Waals surface area contributed by atoms with Gasteiger partial charge < -0.3 is 5.32 Å². The zero-order chi connectivity index (χ0) is 29.2. The zero-order valence-corrected chi connectivity index (χ0v) is 24.8. The van der Waals surface area contributed by atoms with Crippen molar-refractivity contribution in [1.29, 1.82) is 0 Å². The molecule has 40 heavy (non-hydrogen) atoms. The number of carbonyl (C=O) groups excluding carboxylic acids is 1. The third-order valence-corrected chi connectivity index (χ3v) is 9.26. The first-order chi connectivity index (χ1) is 18.7. The first-order valence-corrected chi connectivity index (χ1v) is 15.6. The lowest BCUT2D eigenvalue weighted by molar-refractivity contribution is 0.102. The highest BCUT2D eigenvalue weighted by atomic mass is 35.5. The van der Waals surface area contributed by atoms with Gasteiger partial charge in [0.05, 0.1) is 20.5 Å². The molecule has 1 amide bonds. The van der Waals surface area contributed by atoms with E-state index in [2.05, 4.69) is 14.8 Å². The predicted octanol–water partition coefficient (Wildman–Crippen LogP) is 6.77. The summed E-state index contributed by atoms with van der Waals surface area (Å²) in [7, 11) is -7.95. The molecule has 208 valence electrons. The molecule has 0 aliphatic heterocycles. The van der Waals surface area contributed by atoms with Crippen molar-refractivity contribution in [3.8, 4) is 0 Å². The molecule has 12 heteroatoms. The average molecular weight is 619 g/mol. The number of rotatable bonds is 8. The second-order valence-electron chi connectivity index (χ2n) is 9.17. The monoisotopic (exact) mass is 617 g/mol. The fraction of sp³-hybridized carbons (Fsp3) is 0.107. The summed E-state index contributed by atoms with van der Waals surface area (Å²) in [5, 5.41) is 3.17. The van der Waals surface area contributed by atoms with E-state index in [1.54, 1.807) is 25.1 Å². The van der Waals surface area contributed by atoms with Gasteiger partial charge in [0.15, 0.2) is 0 Å². The average Bonchev–Trinajstić information content (AvgIpc) is 2.85. The Labute approximate surface area is 243 Å².